The van der Waals surface area contributed by atoms with E-state index in [1.54, 1.807) is 11.3 Å². The molecule has 2 aliphatic rings. The predicted octanol–water partition coefficient (Wildman–Crippen LogP) is 2.14. The summed E-state index contributed by atoms with van der Waals surface area (Å²) in [6.45, 7) is 5.57. The Morgan fingerprint density at radius 3 is 2.77 bits per heavy atom. The standard InChI is InChI=1S/C15H22ClN3OS2/c16-14-2-1-13(22-14)10-18-4-6-19(7-5-18)15(20)9-12-11-21-8-3-17-12/h1-2,12,17H,3-11H2. The summed E-state index contributed by atoms with van der Waals surface area (Å²) in [6, 6.07) is 4.41. The number of amides is 1. The Hall–Kier alpha value is -0.270. The molecule has 0 saturated carbocycles. The number of thiophene rings is 1. The van der Waals surface area contributed by atoms with Gasteiger partial charge in [-0.2, -0.15) is 11.8 Å². The van der Waals surface area contributed by atoms with Crippen LogP contribution in [0.25, 0.3) is 0 Å². The first kappa shape index (κ1) is 16.6. The van der Waals surface area contributed by atoms with Crippen LogP contribution in [0.5, 0.6) is 0 Å². The van der Waals surface area contributed by atoms with E-state index in [-0.39, 0.29) is 0 Å². The maximum absolute atomic E-state index is 12.4. The van der Waals surface area contributed by atoms with Gasteiger partial charge in [0.2, 0.25) is 5.91 Å². The number of hydrogen-bond donors (Lipinski definition) is 1. The molecule has 0 aromatic carbocycles. The Bertz CT molecular complexity index is 497. The second kappa shape index (κ2) is 8.02. The second-order valence-electron chi connectivity index (χ2n) is 5.79. The van der Waals surface area contributed by atoms with Gasteiger partial charge in [-0.1, -0.05) is 11.6 Å². The van der Waals surface area contributed by atoms with Gasteiger partial charge >= 0.3 is 0 Å². The molecule has 1 aromatic heterocycles. The monoisotopic (exact) mass is 359 g/mol. The van der Waals surface area contributed by atoms with Gasteiger partial charge in [0.15, 0.2) is 0 Å². The molecule has 3 heterocycles. The van der Waals surface area contributed by atoms with Gasteiger partial charge in [0, 0.05) is 68.1 Å². The van der Waals surface area contributed by atoms with E-state index >= 15 is 0 Å². The predicted molar refractivity (Wildman–Crippen MR) is 94.9 cm³/mol. The fraction of sp³-hybridized carbons (Fsp3) is 0.667. The molecular weight excluding hydrogens is 338 g/mol. The largest absolute Gasteiger partial charge is 0.340 e. The lowest BCUT2D eigenvalue weighted by Crippen LogP contribution is -2.50. The number of carbonyl (C=O) groups excluding carboxylic acids is 1. The molecule has 7 heteroatoms. The van der Waals surface area contributed by atoms with Crippen molar-refractivity contribution in [2.45, 2.75) is 19.0 Å². The van der Waals surface area contributed by atoms with E-state index in [1.165, 1.54) is 4.88 Å². The molecule has 2 aliphatic heterocycles. The quantitative estimate of drug-likeness (QED) is 0.893. The zero-order chi connectivity index (χ0) is 15.4. The third kappa shape index (κ3) is 4.61. The van der Waals surface area contributed by atoms with Crippen LogP contribution in [0, 0.1) is 0 Å². The van der Waals surface area contributed by atoms with Crippen molar-refractivity contribution in [2.24, 2.45) is 0 Å². The summed E-state index contributed by atoms with van der Waals surface area (Å²) in [5.41, 5.74) is 0. The molecule has 1 aromatic rings. The third-order valence-electron chi connectivity index (χ3n) is 4.15. The first-order valence-corrected chi connectivity index (χ1v) is 10.1. The Balaban J connectivity index is 1.41. The summed E-state index contributed by atoms with van der Waals surface area (Å²) in [4.78, 5) is 18.1. The van der Waals surface area contributed by atoms with Crippen molar-refractivity contribution in [2.75, 3.05) is 44.2 Å². The van der Waals surface area contributed by atoms with Crippen molar-refractivity contribution < 1.29 is 4.79 Å². The highest BCUT2D eigenvalue weighted by atomic mass is 35.5. The van der Waals surface area contributed by atoms with Crippen LogP contribution in [-0.2, 0) is 11.3 Å². The topological polar surface area (TPSA) is 35.6 Å². The van der Waals surface area contributed by atoms with E-state index in [2.05, 4.69) is 16.3 Å². The number of piperazine rings is 1. The van der Waals surface area contributed by atoms with Crippen LogP contribution in [0.3, 0.4) is 0 Å². The highest BCUT2D eigenvalue weighted by molar-refractivity contribution is 7.99. The number of hydrogen-bond acceptors (Lipinski definition) is 5. The summed E-state index contributed by atoms with van der Waals surface area (Å²) in [5, 5.41) is 3.44. The smallest absolute Gasteiger partial charge is 0.224 e. The minimum absolute atomic E-state index is 0.304. The minimum Gasteiger partial charge on any atom is -0.340 e. The van der Waals surface area contributed by atoms with Crippen molar-refractivity contribution >= 4 is 40.6 Å². The Morgan fingerprint density at radius 1 is 1.32 bits per heavy atom. The van der Waals surface area contributed by atoms with Crippen molar-refractivity contribution in [3.63, 3.8) is 0 Å². The lowest BCUT2D eigenvalue weighted by Gasteiger charge is -2.35. The third-order valence-corrected chi connectivity index (χ3v) is 6.50. The molecule has 4 nitrogen and oxygen atoms in total. The van der Waals surface area contributed by atoms with Gasteiger partial charge in [-0.05, 0) is 12.1 Å². The summed E-state index contributed by atoms with van der Waals surface area (Å²) in [5.74, 6) is 2.53. The molecule has 2 fully saturated rings. The second-order valence-corrected chi connectivity index (χ2v) is 8.74. The lowest BCUT2D eigenvalue weighted by atomic mass is 10.2. The molecule has 2 saturated heterocycles. The number of nitrogens with one attached hydrogen (secondary N) is 1. The zero-order valence-corrected chi connectivity index (χ0v) is 15.0. The van der Waals surface area contributed by atoms with Gasteiger partial charge in [0.1, 0.15) is 0 Å². The normalized spacial score (nSPS) is 23.7. The molecule has 1 amide bonds. The summed E-state index contributed by atoms with van der Waals surface area (Å²) >= 11 is 9.56. The highest BCUT2D eigenvalue weighted by Gasteiger charge is 2.24. The van der Waals surface area contributed by atoms with Crippen LogP contribution in [-0.4, -0.2) is 66.0 Å². The molecule has 1 N–H and O–H groups in total. The maximum atomic E-state index is 12.4. The average Bonchev–Trinajstić information content (AvgIpc) is 2.94. The van der Waals surface area contributed by atoms with Crippen LogP contribution in [0.1, 0.15) is 11.3 Å². The maximum Gasteiger partial charge on any atom is 0.224 e. The van der Waals surface area contributed by atoms with Crippen molar-refractivity contribution in [3.05, 3.63) is 21.3 Å². The van der Waals surface area contributed by atoms with Gasteiger partial charge in [-0.15, -0.1) is 11.3 Å². The minimum atomic E-state index is 0.304. The molecule has 0 radical (unpaired) electrons. The van der Waals surface area contributed by atoms with E-state index < -0.39 is 0 Å². The van der Waals surface area contributed by atoms with Crippen molar-refractivity contribution in [3.8, 4) is 0 Å². The van der Waals surface area contributed by atoms with Gasteiger partial charge < -0.3 is 10.2 Å². The number of carbonyl (C=O) groups is 1. The number of nitrogens with zero attached hydrogens (tertiary/aromatic N) is 2. The zero-order valence-electron chi connectivity index (χ0n) is 12.6. The van der Waals surface area contributed by atoms with E-state index in [9.17, 15) is 4.79 Å². The molecule has 22 heavy (non-hydrogen) atoms. The Morgan fingerprint density at radius 2 is 2.14 bits per heavy atom. The molecule has 1 unspecified atom stereocenters. The van der Waals surface area contributed by atoms with E-state index in [1.807, 2.05) is 22.7 Å². The number of halogens is 1. The molecule has 3 rings (SSSR count). The average molecular weight is 360 g/mol. The van der Waals surface area contributed by atoms with Gasteiger partial charge in [0.05, 0.1) is 4.34 Å². The van der Waals surface area contributed by atoms with Crippen LogP contribution in [0.15, 0.2) is 12.1 Å². The molecule has 1 atom stereocenters. The Kier molecular flexibility index (Phi) is 6.04. The number of rotatable bonds is 4. The number of thioether (sulfide) groups is 1. The van der Waals surface area contributed by atoms with Crippen LogP contribution in [0.4, 0.5) is 0 Å². The molecule has 0 spiro atoms. The van der Waals surface area contributed by atoms with E-state index in [0.29, 0.717) is 18.4 Å². The fourth-order valence-corrected chi connectivity index (χ4v) is 4.98. The van der Waals surface area contributed by atoms with Crippen LogP contribution in [0.2, 0.25) is 4.34 Å². The first-order chi connectivity index (χ1) is 10.7. The van der Waals surface area contributed by atoms with Gasteiger partial charge in [-0.3, -0.25) is 9.69 Å². The van der Waals surface area contributed by atoms with Gasteiger partial charge in [-0.25, -0.2) is 0 Å². The summed E-state index contributed by atoms with van der Waals surface area (Å²) in [6.07, 6.45) is 0.646. The Labute approximate surface area is 145 Å². The summed E-state index contributed by atoms with van der Waals surface area (Å²) < 4.78 is 0.849. The molecular formula is C15H22ClN3OS2. The SMILES string of the molecule is O=C(CC1CSCCN1)N1CCN(Cc2ccc(Cl)s2)CC1. The first-order valence-electron chi connectivity index (χ1n) is 7.76. The van der Waals surface area contributed by atoms with Crippen molar-refractivity contribution in [1.82, 2.24) is 15.1 Å². The van der Waals surface area contributed by atoms with Crippen LogP contribution < -0.4 is 5.32 Å². The fourth-order valence-electron chi connectivity index (χ4n) is 2.90. The van der Waals surface area contributed by atoms with E-state index in [4.69, 9.17) is 11.6 Å². The summed E-state index contributed by atoms with van der Waals surface area (Å²) in [7, 11) is 0. The van der Waals surface area contributed by atoms with Crippen LogP contribution >= 0.6 is 34.7 Å². The van der Waals surface area contributed by atoms with E-state index in [0.717, 1.165) is 55.1 Å². The molecule has 0 aliphatic carbocycles. The molecule has 0 bridgehead atoms. The lowest BCUT2D eigenvalue weighted by molar-refractivity contribution is -0.133. The molecule has 122 valence electrons. The van der Waals surface area contributed by atoms with Crippen molar-refractivity contribution in [1.29, 1.82) is 0 Å². The highest BCUT2D eigenvalue weighted by Crippen LogP contribution is 2.23. The van der Waals surface area contributed by atoms with Gasteiger partial charge in [0.25, 0.3) is 0 Å².